The number of nitrogens with zero attached hydrogens (tertiary/aromatic N) is 7. The van der Waals surface area contributed by atoms with E-state index in [1.807, 2.05) is 53.2 Å². The number of hydrogen-bond acceptors (Lipinski definition) is 7. The van der Waals surface area contributed by atoms with Crippen LogP contribution >= 0.6 is 11.6 Å². The zero-order chi connectivity index (χ0) is 31.6. The lowest BCUT2D eigenvalue weighted by Crippen LogP contribution is -2.43. The highest BCUT2D eigenvalue weighted by Gasteiger charge is 2.49. The number of para-hydroxylation sites is 1. The topological polar surface area (TPSA) is 96.8 Å². The van der Waals surface area contributed by atoms with E-state index in [0.29, 0.717) is 43.0 Å². The van der Waals surface area contributed by atoms with Crippen molar-refractivity contribution in [3.8, 4) is 17.2 Å². The maximum absolute atomic E-state index is 14.1. The molecular formula is C32H28ClF3N8O2. The lowest BCUT2D eigenvalue weighted by Gasteiger charge is -2.50. The van der Waals surface area contributed by atoms with Crippen molar-refractivity contribution in [2.45, 2.75) is 37.9 Å². The Kier molecular flexibility index (Phi) is 6.73. The first-order chi connectivity index (χ1) is 22.2. The van der Waals surface area contributed by atoms with Crippen molar-refractivity contribution in [2.24, 2.45) is 12.5 Å². The molecule has 1 aromatic carbocycles. The number of aromatic nitrogens is 7. The fourth-order valence-corrected chi connectivity index (χ4v) is 6.96. The molecule has 5 aromatic heterocycles. The van der Waals surface area contributed by atoms with Crippen LogP contribution < -0.4 is 10.1 Å². The maximum atomic E-state index is 14.1. The molecule has 1 spiro atoms. The Balaban J connectivity index is 1.05. The van der Waals surface area contributed by atoms with Crippen molar-refractivity contribution in [3.05, 3.63) is 77.8 Å². The molecule has 2 fully saturated rings. The van der Waals surface area contributed by atoms with E-state index in [2.05, 4.69) is 25.4 Å². The molecule has 0 bridgehead atoms. The first kappa shape index (κ1) is 28.8. The smallest absolute Gasteiger partial charge is 0.433 e. The van der Waals surface area contributed by atoms with Gasteiger partial charge >= 0.3 is 6.18 Å². The van der Waals surface area contributed by atoms with Crippen LogP contribution in [-0.4, -0.2) is 47.1 Å². The van der Waals surface area contributed by atoms with E-state index in [0.717, 1.165) is 40.3 Å². The number of hydrogen-bond donors (Lipinski definition) is 1. The van der Waals surface area contributed by atoms with Crippen LogP contribution in [0.25, 0.3) is 27.9 Å². The van der Waals surface area contributed by atoms with Gasteiger partial charge in [-0.05, 0) is 55.4 Å². The molecule has 6 heterocycles. The molecule has 14 heteroatoms. The van der Waals surface area contributed by atoms with Crippen LogP contribution in [0.1, 0.15) is 37.4 Å². The van der Waals surface area contributed by atoms with Crippen LogP contribution in [0.4, 0.5) is 24.9 Å². The molecule has 0 radical (unpaired) electrons. The third-order valence-electron chi connectivity index (χ3n) is 9.07. The zero-order valence-corrected chi connectivity index (χ0v) is 25.4. The summed E-state index contributed by atoms with van der Waals surface area (Å²) in [5, 5.41) is 8.41. The Labute approximate surface area is 265 Å². The van der Waals surface area contributed by atoms with E-state index in [1.54, 1.807) is 17.8 Å². The fraction of sp³-hybridized carbons (Fsp3) is 0.312. The minimum absolute atomic E-state index is 0.0353. The quantitative estimate of drug-likeness (QED) is 0.197. The molecule has 1 saturated carbocycles. The second kappa shape index (κ2) is 10.7. The largest absolute Gasteiger partial charge is 0.452 e. The minimum atomic E-state index is -4.56. The van der Waals surface area contributed by atoms with Gasteiger partial charge in [-0.2, -0.15) is 23.3 Å². The summed E-state index contributed by atoms with van der Waals surface area (Å²) in [6.07, 6.45) is 3.48. The standard InChI is InChI=1S/C32H28ClF3N8O2/c1-42-27-26(33)23(46-22-13-19-7-10-43(29(19)38-17-22)20-5-3-2-4-6-20)18-37-28(27)40-30(42)39-25-14-24(32(34,35)36)44(41-25)21-15-31(16-21)8-11-45-12-9-31/h2-7,10,13-14,17-18,21H,8-9,11-12,15-16H2,1H3,(H,37,39,40,41). The number of nitrogens with one attached hydrogen (secondary N) is 1. The normalized spacial score (nSPS) is 16.7. The van der Waals surface area contributed by atoms with Gasteiger partial charge in [-0.25, -0.2) is 9.97 Å². The Morgan fingerprint density at radius 2 is 1.83 bits per heavy atom. The second-order valence-corrected chi connectivity index (χ2v) is 12.3. The van der Waals surface area contributed by atoms with Gasteiger partial charge in [0.1, 0.15) is 27.6 Å². The number of imidazole rings is 1. The van der Waals surface area contributed by atoms with Crippen molar-refractivity contribution >= 4 is 45.6 Å². The molecule has 2 aliphatic rings. The Hall–Kier alpha value is -4.62. The van der Waals surface area contributed by atoms with Crippen molar-refractivity contribution in [1.29, 1.82) is 0 Å². The van der Waals surface area contributed by atoms with E-state index in [1.165, 1.54) is 6.20 Å². The number of anilines is 2. The third kappa shape index (κ3) is 4.94. The summed E-state index contributed by atoms with van der Waals surface area (Å²) < 4.78 is 58.5. The van der Waals surface area contributed by atoms with E-state index in [9.17, 15) is 13.2 Å². The van der Waals surface area contributed by atoms with Gasteiger partial charge in [0, 0.05) is 43.6 Å². The lowest BCUT2D eigenvalue weighted by atomic mass is 9.61. The van der Waals surface area contributed by atoms with Crippen LogP contribution in [0, 0.1) is 5.41 Å². The molecule has 0 atom stereocenters. The van der Waals surface area contributed by atoms with Crippen molar-refractivity contribution < 1.29 is 22.6 Å². The minimum Gasteiger partial charge on any atom is -0.452 e. The van der Waals surface area contributed by atoms with Crippen LogP contribution in [0.3, 0.4) is 0 Å². The SMILES string of the molecule is Cn1c(Nc2cc(C(F)(F)F)n(C3CC4(CCOCC4)C3)n2)nc2ncc(Oc3cnc4c(ccn4-c4ccccc4)c3)c(Cl)c21. The Bertz CT molecular complexity index is 2070. The highest BCUT2D eigenvalue weighted by atomic mass is 35.5. The molecule has 0 unspecified atom stereocenters. The van der Waals surface area contributed by atoms with Gasteiger partial charge in [0.25, 0.3) is 0 Å². The number of fused-ring (bicyclic) bond motifs is 2. The predicted octanol–water partition coefficient (Wildman–Crippen LogP) is 7.84. The van der Waals surface area contributed by atoms with Gasteiger partial charge in [0.15, 0.2) is 17.2 Å². The van der Waals surface area contributed by atoms with E-state index >= 15 is 0 Å². The van der Waals surface area contributed by atoms with Gasteiger partial charge in [0.05, 0.1) is 18.4 Å². The second-order valence-electron chi connectivity index (χ2n) is 12.0. The number of alkyl halides is 3. The predicted molar refractivity (Wildman–Crippen MR) is 166 cm³/mol. The average Bonchev–Trinajstić information content (AvgIpc) is 3.74. The lowest BCUT2D eigenvalue weighted by molar-refractivity contribution is -0.148. The number of pyridine rings is 2. The van der Waals surface area contributed by atoms with Gasteiger partial charge in [-0.15, -0.1) is 0 Å². The van der Waals surface area contributed by atoms with Crippen LogP contribution in [0.5, 0.6) is 11.5 Å². The summed E-state index contributed by atoms with van der Waals surface area (Å²) in [4.78, 5) is 13.5. The number of benzene rings is 1. The monoisotopic (exact) mass is 648 g/mol. The van der Waals surface area contributed by atoms with E-state index < -0.39 is 11.9 Å². The molecule has 10 nitrogen and oxygen atoms in total. The van der Waals surface area contributed by atoms with Gasteiger partial charge in [-0.3, -0.25) is 4.68 Å². The van der Waals surface area contributed by atoms with Crippen LogP contribution in [0.15, 0.2) is 67.1 Å². The molecule has 6 aromatic rings. The van der Waals surface area contributed by atoms with Gasteiger partial charge in [0.2, 0.25) is 5.95 Å². The van der Waals surface area contributed by atoms with E-state index in [-0.39, 0.29) is 34.0 Å². The number of aryl methyl sites for hydroxylation is 1. The average molecular weight is 649 g/mol. The molecule has 1 aliphatic carbocycles. The van der Waals surface area contributed by atoms with Crippen molar-refractivity contribution in [3.63, 3.8) is 0 Å². The molecule has 8 rings (SSSR count). The molecule has 46 heavy (non-hydrogen) atoms. The highest BCUT2D eigenvalue weighted by molar-refractivity contribution is 6.36. The molecule has 236 valence electrons. The third-order valence-corrected chi connectivity index (χ3v) is 9.44. The molecular weight excluding hydrogens is 621 g/mol. The maximum Gasteiger partial charge on any atom is 0.433 e. The number of ether oxygens (including phenoxy) is 2. The van der Waals surface area contributed by atoms with E-state index in [4.69, 9.17) is 21.1 Å². The summed E-state index contributed by atoms with van der Waals surface area (Å²) in [6, 6.07) is 14.4. The van der Waals surface area contributed by atoms with Crippen LogP contribution in [-0.2, 0) is 18.0 Å². The highest BCUT2D eigenvalue weighted by Crippen LogP contribution is 2.55. The summed E-state index contributed by atoms with van der Waals surface area (Å²) >= 11 is 6.79. The van der Waals surface area contributed by atoms with Crippen molar-refractivity contribution in [1.82, 2.24) is 33.9 Å². The van der Waals surface area contributed by atoms with Crippen molar-refractivity contribution in [2.75, 3.05) is 18.5 Å². The summed E-state index contributed by atoms with van der Waals surface area (Å²) in [5.41, 5.74) is 1.76. The fourth-order valence-electron chi connectivity index (χ4n) is 6.66. The summed E-state index contributed by atoms with van der Waals surface area (Å²) in [5.74, 6) is 1.02. The molecule has 1 aliphatic heterocycles. The zero-order valence-electron chi connectivity index (χ0n) is 24.6. The molecule has 0 amide bonds. The molecule has 1 N–H and O–H groups in total. The van der Waals surface area contributed by atoms with Gasteiger partial charge in [-0.1, -0.05) is 29.8 Å². The Morgan fingerprint density at radius 3 is 2.59 bits per heavy atom. The molecule has 1 saturated heterocycles. The number of rotatable bonds is 6. The Morgan fingerprint density at radius 1 is 1.04 bits per heavy atom. The van der Waals surface area contributed by atoms with Gasteiger partial charge < -0.3 is 23.9 Å². The number of halogens is 4. The van der Waals surface area contributed by atoms with Crippen LogP contribution in [0.2, 0.25) is 5.02 Å². The first-order valence-corrected chi connectivity index (χ1v) is 15.3. The summed E-state index contributed by atoms with van der Waals surface area (Å²) in [6.45, 7) is 1.30. The summed E-state index contributed by atoms with van der Waals surface area (Å²) in [7, 11) is 1.69. The first-order valence-electron chi connectivity index (χ1n) is 14.9.